The van der Waals surface area contributed by atoms with Crippen molar-refractivity contribution in [3.05, 3.63) is 60.2 Å². The Bertz CT molecular complexity index is 1060. The number of rotatable bonds is 9. The summed E-state index contributed by atoms with van der Waals surface area (Å²) < 4.78 is 10.4. The molecule has 0 saturated carbocycles. The molecular formula is C25H30N2O9. The molecule has 1 aliphatic rings. The lowest BCUT2D eigenvalue weighted by Gasteiger charge is -2.46. The number of aliphatic hydroxyl groups excluding tert-OH is 3. The van der Waals surface area contributed by atoms with Gasteiger partial charge >= 0.3 is 5.97 Å². The lowest BCUT2D eigenvalue weighted by molar-refractivity contribution is -0.303. The van der Waals surface area contributed by atoms with Crippen LogP contribution < -0.4 is 10.6 Å². The van der Waals surface area contributed by atoms with E-state index in [1.54, 1.807) is 24.3 Å². The van der Waals surface area contributed by atoms with Gasteiger partial charge in [0.2, 0.25) is 5.91 Å². The SMILES string of the molecule is CO[C@]1(C(=O)O)C[C@H](O)[C@@H](NC(C)=O)C([C@@H](O)[C@H](O)CNC(=O)c2ccc(-c3ccccc3)cc2)O1. The first-order valence-corrected chi connectivity index (χ1v) is 11.3. The van der Waals surface area contributed by atoms with Crippen LogP contribution in [0.2, 0.25) is 0 Å². The van der Waals surface area contributed by atoms with E-state index in [2.05, 4.69) is 10.6 Å². The van der Waals surface area contributed by atoms with Gasteiger partial charge in [-0.2, -0.15) is 0 Å². The van der Waals surface area contributed by atoms with E-state index >= 15 is 0 Å². The number of benzene rings is 2. The van der Waals surface area contributed by atoms with Crippen LogP contribution in [0.15, 0.2) is 54.6 Å². The first-order valence-electron chi connectivity index (χ1n) is 11.3. The van der Waals surface area contributed by atoms with Crippen LogP contribution in [0.3, 0.4) is 0 Å². The number of carboxylic acids is 1. The normalized spacial score (nSPS) is 25.4. The van der Waals surface area contributed by atoms with Gasteiger partial charge in [-0.3, -0.25) is 9.59 Å². The van der Waals surface area contributed by atoms with Gasteiger partial charge in [-0.05, 0) is 23.3 Å². The molecular weight excluding hydrogens is 472 g/mol. The maximum Gasteiger partial charge on any atom is 0.364 e. The molecule has 0 radical (unpaired) electrons. The van der Waals surface area contributed by atoms with E-state index in [4.69, 9.17) is 9.47 Å². The average Bonchev–Trinajstić information content (AvgIpc) is 2.88. The number of hydrogen-bond acceptors (Lipinski definition) is 8. The molecule has 1 saturated heterocycles. The summed E-state index contributed by atoms with van der Waals surface area (Å²) in [4.78, 5) is 35.9. The van der Waals surface area contributed by atoms with E-state index < -0.39 is 67.0 Å². The Morgan fingerprint density at radius 2 is 1.69 bits per heavy atom. The summed E-state index contributed by atoms with van der Waals surface area (Å²) in [5.74, 6) is -4.93. The van der Waals surface area contributed by atoms with Crippen LogP contribution in [0.5, 0.6) is 0 Å². The largest absolute Gasteiger partial charge is 0.477 e. The van der Waals surface area contributed by atoms with Gasteiger partial charge in [0.05, 0.1) is 18.2 Å². The highest BCUT2D eigenvalue weighted by molar-refractivity contribution is 5.94. The van der Waals surface area contributed by atoms with Crippen molar-refractivity contribution in [3.8, 4) is 11.1 Å². The molecule has 6 N–H and O–H groups in total. The van der Waals surface area contributed by atoms with Gasteiger partial charge in [-0.1, -0.05) is 42.5 Å². The molecule has 11 heteroatoms. The van der Waals surface area contributed by atoms with Gasteiger partial charge in [-0.25, -0.2) is 4.79 Å². The van der Waals surface area contributed by atoms with Crippen LogP contribution in [0.25, 0.3) is 11.1 Å². The number of nitrogens with one attached hydrogen (secondary N) is 2. The summed E-state index contributed by atoms with van der Waals surface area (Å²) in [5.41, 5.74) is 2.22. The second-order valence-corrected chi connectivity index (χ2v) is 8.55. The minimum absolute atomic E-state index is 0.320. The van der Waals surface area contributed by atoms with Gasteiger partial charge in [-0.15, -0.1) is 0 Å². The minimum atomic E-state index is -2.30. The molecule has 0 bridgehead atoms. The molecule has 36 heavy (non-hydrogen) atoms. The summed E-state index contributed by atoms with van der Waals surface area (Å²) in [6.07, 6.45) is -6.99. The van der Waals surface area contributed by atoms with Crippen molar-refractivity contribution in [1.29, 1.82) is 0 Å². The summed E-state index contributed by atoms with van der Waals surface area (Å²) in [5, 5.41) is 46.3. The molecule has 2 amide bonds. The zero-order chi connectivity index (χ0) is 26.5. The van der Waals surface area contributed by atoms with Crippen LogP contribution in [-0.2, 0) is 19.1 Å². The van der Waals surface area contributed by atoms with Crippen molar-refractivity contribution in [1.82, 2.24) is 10.6 Å². The Labute approximate surface area is 207 Å². The second-order valence-electron chi connectivity index (χ2n) is 8.55. The standard InChI is InChI=1S/C25H30N2O9/c1-14(28)27-20-18(29)12-25(35-2,24(33)34)36-22(20)21(31)19(30)13-26-23(32)17-10-8-16(9-11-17)15-6-4-3-5-7-15/h3-11,18-22,29-31H,12-13H2,1-2H3,(H,26,32)(H,27,28)(H,33,34)/t18-,19+,20+,21-,22?,25+/m0/s1. The molecule has 11 nitrogen and oxygen atoms in total. The van der Waals surface area contributed by atoms with E-state index in [0.717, 1.165) is 18.2 Å². The topological polar surface area (TPSA) is 175 Å². The number of aliphatic hydroxyl groups is 3. The van der Waals surface area contributed by atoms with Crippen LogP contribution in [0.4, 0.5) is 0 Å². The predicted octanol–water partition coefficient (Wildman–Crippen LogP) is -0.113. The Kier molecular flexibility index (Phi) is 8.77. The van der Waals surface area contributed by atoms with Gasteiger partial charge in [0, 0.05) is 32.6 Å². The average molecular weight is 503 g/mol. The van der Waals surface area contributed by atoms with E-state index in [9.17, 15) is 34.8 Å². The molecule has 0 aliphatic carbocycles. The predicted molar refractivity (Wildman–Crippen MR) is 127 cm³/mol. The third kappa shape index (κ3) is 6.07. The molecule has 1 heterocycles. The number of ether oxygens (including phenoxy) is 2. The number of methoxy groups -OCH3 is 1. The maximum absolute atomic E-state index is 12.6. The molecule has 3 rings (SSSR count). The molecule has 2 aromatic rings. The van der Waals surface area contributed by atoms with Crippen molar-refractivity contribution >= 4 is 17.8 Å². The number of carbonyl (C=O) groups excluding carboxylic acids is 2. The van der Waals surface area contributed by atoms with Crippen molar-refractivity contribution in [2.75, 3.05) is 13.7 Å². The van der Waals surface area contributed by atoms with E-state index in [1.807, 2.05) is 30.3 Å². The Morgan fingerprint density at radius 3 is 2.25 bits per heavy atom. The van der Waals surface area contributed by atoms with Crippen molar-refractivity contribution in [3.63, 3.8) is 0 Å². The quantitative estimate of drug-likeness (QED) is 0.273. The lowest BCUT2D eigenvalue weighted by Crippen LogP contribution is -2.68. The molecule has 6 atom stereocenters. The van der Waals surface area contributed by atoms with Crippen molar-refractivity contribution in [2.45, 2.75) is 49.6 Å². The fourth-order valence-electron chi connectivity index (χ4n) is 4.10. The first-order chi connectivity index (χ1) is 17.1. The number of hydrogen-bond donors (Lipinski definition) is 6. The summed E-state index contributed by atoms with van der Waals surface area (Å²) in [6.45, 7) is 0.751. The van der Waals surface area contributed by atoms with E-state index in [-0.39, 0.29) is 0 Å². The monoisotopic (exact) mass is 502 g/mol. The first kappa shape index (κ1) is 27.2. The van der Waals surface area contributed by atoms with E-state index in [1.165, 1.54) is 6.92 Å². The smallest absolute Gasteiger partial charge is 0.364 e. The number of aliphatic carboxylic acids is 1. The minimum Gasteiger partial charge on any atom is -0.477 e. The molecule has 0 spiro atoms. The molecule has 2 aromatic carbocycles. The maximum atomic E-state index is 12.6. The molecule has 194 valence electrons. The number of carboxylic acid groups (broad SMARTS) is 1. The molecule has 1 fully saturated rings. The van der Waals surface area contributed by atoms with Crippen LogP contribution in [0, 0.1) is 0 Å². The summed E-state index contributed by atoms with van der Waals surface area (Å²) in [6, 6.07) is 15.1. The highest BCUT2D eigenvalue weighted by atomic mass is 16.7. The van der Waals surface area contributed by atoms with Crippen molar-refractivity contribution < 1.29 is 44.3 Å². The third-order valence-electron chi connectivity index (χ3n) is 6.06. The molecule has 0 aromatic heterocycles. The van der Waals surface area contributed by atoms with Gasteiger partial charge in [0.1, 0.15) is 12.2 Å². The van der Waals surface area contributed by atoms with Gasteiger partial charge in [0.15, 0.2) is 0 Å². The second kappa shape index (κ2) is 11.6. The number of carbonyl (C=O) groups is 3. The fourth-order valence-corrected chi connectivity index (χ4v) is 4.10. The third-order valence-corrected chi connectivity index (χ3v) is 6.06. The highest BCUT2D eigenvalue weighted by Gasteiger charge is 2.55. The van der Waals surface area contributed by atoms with Crippen LogP contribution >= 0.6 is 0 Å². The van der Waals surface area contributed by atoms with Crippen LogP contribution in [-0.4, -0.2) is 88.1 Å². The zero-order valence-corrected chi connectivity index (χ0v) is 19.8. The number of amides is 2. The Hall–Kier alpha value is -3.35. The fraction of sp³-hybridized carbons (Fsp3) is 0.400. The highest BCUT2D eigenvalue weighted by Crippen LogP contribution is 2.33. The van der Waals surface area contributed by atoms with Gasteiger partial charge < -0.3 is 40.5 Å². The van der Waals surface area contributed by atoms with E-state index in [0.29, 0.717) is 5.56 Å². The molecule has 1 aliphatic heterocycles. The Balaban J connectivity index is 1.68. The lowest BCUT2D eigenvalue weighted by atomic mass is 9.88. The van der Waals surface area contributed by atoms with Crippen LogP contribution in [0.1, 0.15) is 23.7 Å². The summed E-state index contributed by atoms with van der Waals surface area (Å²) in [7, 11) is 1.06. The van der Waals surface area contributed by atoms with Crippen molar-refractivity contribution in [2.24, 2.45) is 0 Å². The zero-order valence-electron chi connectivity index (χ0n) is 19.8. The molecule has 1 unspecified atom stereocenters. The summed E-state index contributed by atoms with van der Waals surface area (Å²) >= 11 is 0. The Morgan fingerprint density at radius 1 is 1.08 bits per heavy atom. The van der Waals surface area contributed by atoms with Gasteiger partial charge in [0.25, 0.3) is 11.7 Å².